The van der Waals surface area contributed by atoms with Gasteiger partial charge in [0.1, 0.15) is 0 Å². The summed E-state index contributed by atoms with van der Waals surface area (Å²) >= 11 is 0. The van der Waals surface area contributed by atoms with Crippen molar-refractivity contribution in [3.05, 3.63) is 35.4 Å². The van der Waals surface area contributed by atoms with Crippen LogP contribution < -0.4 is 5.73 Å². The maximum Gasteiger partial charge on any atom is 0.0954 e. The number of benzene rings is 1. The standard InChI is InChI=1S/C18H28N2O/c1-20(17-9-5-3-7-15(17)12-19)13-18-16-8-4-2-6-14(16)10-11-21-18/h2,4,6,8,15,17-18H,3,5,7,9-13,19H2,1H3. The van der Waals surface area contributed by atoms with Crippen molar-refractivity contribution in [1.29, 1.82) is 0 Å². The molecule has 1 fully saturated rings. The predicted molar refractivity (Wildman–Crippen MR) is 86.3 cm³/mol. The number of nitrogens with two attached hydrogens (primary N) is 1. The minimum absolute atomic E-state index is 0.223. The molecule has 2 N–H and O–H groups in total. The Bertz CT molecular complexity index is 462. The predicted octanol–water partition coefficient (Wildman–Crippen LogP) is 2.75. The Hall–Kier alpha value is -0.900. The first-order valence-corrected chi connectivity index (χ1v) is 8.39. The second-order valence-corrected chi connectivity index (χ2v) is 6.60. The summed E-state index contributed by atoms with van der Waals surface area (Å²) < 4.78 is 6.06. The van der Waals surface area contributed by atoms with Crippen molar-refractivity contribution in [3.63, 3.8) is 0 Å². The normalized spacial score (nSPS) is 29.4. The van der Waals surface area contributed by atoms with E-state index in [4.69, 9.17) is 10.5 Å². The lowest BCUT2D eigenvalue weighted by Gasteiger charge is -2.40. The van der Waals surface area contributed by atoms with Crippen LogP contribution in [0, 0.1) is 5.92 Å². The summed E-state index contributed by atoms with van der Waals surface area (Å²) in [7, 11) is 2.25. The molecule has 3 unspecified atom stereocenters. The van der Waals surface area contributed by atoms with E-state index >= 15 is 0 Å². The average molecular weight is 288 g/mol. The third-order valence-electron chi connectivity index (χ3n) is 5.28. The van der Waals surface area contributed by atoms with E-state index in [0.29, 0.717) is 12.0 Å². The summed E-state index contributed by atoms with van der Waals surface area (Å²) in [5, 5.41) is 0. The summed E-state index contributed by atoms with van der Waals surface area (Å²) in [4.78, 5) is 2.50. The molecule has 1 aliphatic carbocycles. The first kappa shape index (κ1) is 15.0. The number of hydrogen-bond donors (Lipinski definition) is 1. The summed E-state index contributed by atoms with van der Waals surface area (Å²) in [5.41, 5.74) is 8.83. The zero-order valence-electron chi connectivity index (χ0n) is 13.1. The van der Waals surface area contributed by atoms with Gasteiger partial charge in [-0.05, 0) is 49.9 Å². The van der Waals surface area contributed by atoms with Gasteiger partial charge in [0.15, 0.2) is 0 Å². The van der Waals surface area contributed by atoms with Gasteiger partial charge in [-0.2, -0.15) is 0 Å². The van der Waals surface area contributed by atoms with Gasteiger partial charge in [-0.3, -0.25) is 0 Å². The molecule has 3 atom stereocenters. The highest BCUT2D eigenvalue weighted by molar-refractivity contribution is 5.31. The quantitative estimate of drug-likeness (QED) is 0.926. The van der Waals surface area contributed by atoms with Crippen molar-refractivity contribution in [1.82, 2.24) is 4.90 Å². The van der Waals surface area contributed by atoms with Crippen LogP contribution in [0.2, 0.25) is 0 Å². The molecule has 1 aromatic carbocycles. The number of likely N-dealkylation sites (N-methyl/N-ethyl adjacent to an activating group) is 1. The number of nitrogens with zero attached hydrogens (tertiary/aromatic N) is 1. The van der Waals surface area contributed by atoms with Gasteiger partial charge in [0, 0.05) is 12.6 Å². The maximum absolute atomic E-state index is 6.06. The molecule has 21 heavy (non-hydrogen) atoms. The van der Waals surface area contributed by atoms with Gasteiger partial charge < -0.3 is 15.4 Å². The van der Waals surface area contributed by atoms with E-state index < -0.39 is 0 Å². The molecule has 0 amide bonds. The minimum Gasteiger partial charge on any atom is -0.372 e. The summed E-state index contributed by atoms with van der Waals surface area (Å²) in [6.07, 6.45) is 6.52. The van der Waals surface area contributed by atoms with Crippen LogP contribution in [0.15, 0.2) is 24.3 Å². The lowest BCUT2D eigenvalue weighted by Crippen LogP contribution is -2.45. The van der Waals surface area contributed by atoms with E-state index in [1.807, 2.05) is 0 Å². The van der Waals surface area contributed by atoms with Gasteiger partial charge >= 0.3 is 0 Å². The molecular formula is C18H28N2O. The molecule has 2 aliphatic rings. The Kier molecular flexibility index (Phi) is 4.94. The Labute approximate surface area is 128 Å². The zero-order chi connectivity index (χ0) is 14.7. The topological polar surface area (TPSA) is 38.5 Å². The summed E-state index contributed by atoms with van der Waals surface area (Å²) in [6, 6.07) is 9.37. The van der Waals surface area contributed by atoms with Crippen molar-refractivity contribution in [2.75, 3.05) is 26.7 Å². The van der Waals surface area contributed by atoms with Crippen LogP contribution in [-0.2, 0) is 11.2 Å². The lowest BCUT2D eigenvalue weighted by atomic mass is 9.83. The molecule has 116 valence electrons. The monoisotopic (exact) mass is 288 g/mol. The van der Waals surface area contributed by atoms with Crippen molar-refractivity contribution in [2.24, 2.45) is 11.7 Å². The molecule has 0 radical (unpaired) electrons. The Morgan fingerprint density at radius 3 is 2.90 bits per heavy atom. The van der Waals surface area contributed by atoms with Crippen LogP contribution in [0.1, 0.15) is 42.9 Å². The maximum atomic E-state index is 6.06. The third kappa shape index (κ3) is 3.31. The first-order valence-electron chi connectivity index (χ1n) is 8.39. The fourth-order valence-corrected chi connectivity index (χ4v) is 4.07. The Balaban J connectivity index is 1.69. The minimum atomic E-state index is 0.223. The van der Waals surface area contributed by atoms with E-state index in [9.17, 15) is 0 Å². The molecule has 1 heterocycles. The highest BCUT2D eigenvalue weighted by atomic mass is 16.5. The van der Waals surface area contributed by atoms with E-state index in [0.717, 1.165) is 26.1 Å². The second kappa shape index (κ2) is 6.91. The van der Waals surface area contributed by atoms with Gasteiger partial charge in [-0.1, -0.05) is 37.1 Å². The highest BCUT2D eigenvalue weighted by Gasteiger charge is 2.30. The second-order valence-electron chi connectivity index (χ2n) is 6.60. The number of rotatable bonds is 4. The number of hydrogen-bond acceptors (Lipinski definition) is 3. The van der Waals surface area contributed by atoms with Gasteiger partial charge in [0.2, 0.25) is 0 Å². The molecule has 0 bridgehead atoms. The van der Waals surface area contributed by atoms with Crippen LogP contribution in [0.25, 0.3) is 0 Å². The zero-order valence-corrected chi connectivity index (χ0v) is 13.1. The van der Waals surface area contributed by atoms with Crippen LogP contribution in [0.4, 0.5) is 0 Å². The first-order chi connectivity index (χ1) is 10.3. The molecule has 0 spiro atoms. The van der Waals surface area contributed by atoms with Crippen molar-refractivity contribution in [3.8, 4) is 0 Å². The molecule has 0 saturated heterocycles. The highest BCUT2D eigenvalue weighted by Crippen LogP contribution is 2.31. The summed E-state index contributed by atoms with van der Waals surface area (Å²) in [6.45, 7) is 2.65. The summed E-state index contributed by atoms with van der Waals surface area (Å²) in [5.74, 6) is 0.655. The average Bonchev–Trinajstić information content (AvgIpc) is 2.55. The van der Waals surface area contributed by atoms with Crippen LogP contribution in [-0.4, -0.2) is 37.7 Å². The molecule has 3 nitrogen and oxygen atoms in total. The lowest BCUT2D eigenvalue weighted by molar-refractivity contribution is 0.00182. The van der Waals surface area contributed by atoms with Crippen molar-refractivity contribution < 1.29 is 4.74 Å². The fraction of sp³-hybridized carbons (Fsp3) is 0.667. The Morgan fingerprint density at radius 1 is 1.24 bits per heavy atom. The van der Waals surface area contributed by atoms with Crippen molar-refractivity contribution in [2.45, 2.75) is 44.2 Å². The molecule has 1 aromatic rings. The van der Waals surface area contributed by atoms with Gasteiger partial charge in [-0.25, -0.2) is 0 Å². The Morgan fingerprint density at radius 2 is 2.05 bits per heavy atom. The molecule has 1 saturated carbocycles. The van der Waals surface area contributed by atoms with Gasteiger partial charge in [0.25, 0.3) is 0 Å². The molecule has 1 aliphatic heterocycles. The SMILES string of the molecule is CN(CC1OCCc2ccccc21)C1CCCCC1CN. The number of fused-ring (bicyclic) bond motifs is 1. The van der Waals surface area contributed by atoms with Gasteiger partial charge in [0.05, 0.1) is 12.7 Å². The number of ether oxygens (including phenoxy) is 1. The van der Waals surface area contributed by atoms with Crippen LogP contribution in [0.3, 0.4) is 0 Å². The smallest absolute Gasteiger partial charge is 0.0954 e. The molecular weight excluding hydrogens is 260 g/mol. The van der Waals surface area contributed by atoms with E-state index in [-0.39, 0.29) is 6.10 Å². The van der Waals surface area contributed by atoms with E-state index in [2.05, 4.69) is 36.2 Å². The van der Waals surface area contributed by atoms with E-state index in [1.165, 1.54) is 36.8 Å². The van der Waals surface area contributed by atoms with Crippen molar-refractivity contribution >= 4 is 0 Å². The molecule has 3 heteroatoms. The van der Waals surface area contributed by atoms with Gasteiger partial charge in [-0.15, -0.1) is 0 Å². The molecule has 3 rings (SSSR count). The third-order valence-corrected chi connectivity index (χ3v) is 5.28. The van der Waals surface area contributed by atoms with Crippen LogP contribution in [0.5, 0.6) is 0 Å². The van der Waals surface area contributed by atoms with Crippen LogP contribution >= 0.6 is 0 Å². The fourth-order valence-electron chi connectivity index (χ4n) is 4.07. The van der Waals surface area contributed by atoms with E-state index in [1.54, 1.807) is 0 Å². The molecule has 0 aromatic heterocycles. The largest absolute Gasteiger partial charge is 0.372 e.